The maximum atomic E-state index is 11.5. The number of amides is 4. The molecule has 4 fully saturated rings. The van der Waals surface area contributed by atoms with Gasteiger partial charge in [0.1, 0.15) is 0 Å². The molecule has 0 aromatic heterocycles. The van der Waals surface area contributed by atoms with Crippen molar-refractivity contribution in [3.05, 3.63) is 71.8 Å². The number of nitrogens with one attached hydrogen (secondary N) is 4. The van der Waals surface area contributed by atoms with Crippen LogP contribution in [0.5, 0.6) is 0 Å². The summed E-state index contributed by atoms with van der Waals surface area (Å²) in [6, 6.07) is 22.5. The average Bonchev–Trinajstić information content (AvgIpc) is 3.50. The first-order chi connectivity index (χ1) is 19.2. The lowest BCUT2D eigenvalue weighted by Gasteiger charge is -2.44. The highest BCUT2D eigenvalue weighted by molar-refractivity contribution is 5.78. The van der Waals surface area contributed by atoms with Crippen LogP contribution < -0.4 is 21.3 Å². The summed E-state index contributed by atoms with van der Waals surface area (Å²) in [7, 11) is 8.63. The highest BCUT2D eigenvalue weighted by atomic mass is 16.2. The molecule has 2 unspecified atom stereocenters. The van der Waals surface area contributed by atoms with Gasteiger partial charge in [-0.2, -0.15) is 0 Å². The van der Waals surface area contributed by atoms with Gasteiger partial charge < -0.3 is 31.1 Å². The van der Waals surface area contributed by atoms with E-state index in [9.17, 15) is 9.59 Å². The van der Waals surface area contributed by atoms with E-state index < -0.39 is 0 Å². The number of carbonyl (C=O) groups is 2. The molecule has 2 aliphatic carbocycles. The van der Waals surface area contributed by atoms with Crippen molar-refractivity contribution in [3.63, 3.8) is 0 Å². The van der Waals surface area contributed by atoms with Gasteiger partial charge in [-0.3, -0.25) is 0 Å². The lowest BCUT2D eigenvalue weighted by atomic mass is 9.70. The minimum atomic E-state index is -0.0515. The first-order valence-electron chi connectivity index (χ1n) is 14.7. The molecular formula is C32H46N6O2. The van der Waals surface area contributed by atoms with Crippen LogP contribution in [-0.4, -0.2) is 86.3 Å². The maximum Gasteiger partial charge on any atom is 0.315 e. The van der Waals surface area contributed by atoms with Gasteiger partial charge in [0.05, 0.1) is 11.1 Å². The van der Waals surface area contributed by atoms with Crippen LogP contribution in [-0.2, 0) is 0 Å². The second-order valence-electron chi connectivity index (χ2n) is 12.8. The molecule has 2 aromatic rings. The van der Waals surface area contributed by atoms with E-state index in [0.717, 1.165) is 51.6 Å². The molecule has 216 valence electrons. The summed E-state index contributed by atoms with van der Waals surface area (Å²) in [5.41, 5.74) is 2.66. The Morgan fingerprint density at radius 1 is 0.625 bits per heavy atom. The van der Waals surface area contributed by atoms with E-state index >= 15 is 0 Å². The van der Waals surface area contributed by atoms with Crippen LogP contribution in [0.25, 0.3) is 0 Å². The summed E-state index contributed by atoms with van der Waals surface area (Å²) in [4.78, 5) is 27.7. The number of rotatable bonds is 4. The Morgan fingerprint density at radius 2 is 1.00 bits per heavy atom. The number of hydrogen-bond acceptors (Lipinski definition) is 4. The molecule has 40 heavy (non-hydrogen) atoms. The molecule has 2 saturated heterocycles. The van der Waals surface area contributed by atoms with Crippen LogP contribution in [0.15, 0.2) is 60.7 Å². The van der Waals surface area contributed by atoms with Gasteiger partial charge in [-0.15, -0.1) is 0 Å². The van der Waals surface area contributed by atoms with Crippen LogP contribution in [0.2, 0.25) is 0 Å². The predicted octanol–water partition coefficient (Wildman–Crippen LogP) is 3.87. The Morgan fingerprint density at radius 3 is 1.30 bits per heavy atom. The van der Waals surface area contributed by atoms with E-state index in [1.54, 1.807) is 0 Å². The fourth-order valence-corrected chi connectivity index (χ4v) is 7.59. The lowest BCUT2D eigenvalue weighted by Crippen LogP contribution is -2.52. The van der Waals surface area contributed by atoms with Crippen LogP contribution in [0.3, 0.4) is 0 Å². The molecule has 2 aromatic carbocycles. The summed E-state index contributed by atoms with van der Waals surface area (Å²) in [5, 5.41) is 12.2. The zero-order chi connectivity index (χ0) is 28.3. The first-order valence-corrected chi connectivity index (χ1v) is 14.7. The molecule has 2 saturated carbocycles. The number of carbonyl (C=O) groups excluding carboxylic acids is 2. The van der Waals surface area contributed by atoms with Gasteiger partial charge in [0.15, 0.2) is 0 Å². The van der Waals surface area contributed by atoms with E-state index in [2.05, 4.69) is 120 Å². The number of hydrogen-bond donors (Lipinski definition) is 4. The highest BCUT2D eigenvalue weighted by Crippen LogP contribution is 2.42. The van der Waals surface area contributed by atoms with Gasteiger partial charge in [-0.05, 0) is 77.8 Å². The molecule has 2 heterocycles. The van der Waals surface area contributed by atoms with Crippen molar-refractivity contribution < 1.29 is 9.59 Å². The third-order valence-electron chi connectivity index (χ3n) is 9.70. The Hall–Kier alpha value is -3.10. The Bertz CT molecular complexity index is 1070. The standard InChI is InChI=1S/2C16H23N3O/c2*1-19(2)14-8-9-16(11-17-15(20)18-16)10-13(14)12-6-4-3-5-7-12/h2*3-7,13-14H,8-11H2,1-2H3,(H2,17,18,20)/t2*13?,14-,16-/m10/s1. The van der Waals surface area contributed by atoms with Gasteiger partial charge in [0, 0.05) is 37.0 Å². The fraction of sp³-hybridized carbons (Fsp3) is 0.562. The van der Waals surface area contributed by atoms with Crippen LogP contribution >= 0.6 is 0 Å². The molecular weight excluding hydrogens is 500 g/mol. The Balaban J connectivity index is 0.000000161. The summed E-state index contributed by atoms with van der Waals surface area (Å²) in [6.45, 7) is 1.52. The molecule has 8 nitrogen and oxygen atoms in total. The quantitative estimate of drug-likeness (QED) is 0.469. The molecule has 4 amide bonds. The first kappa shape index (κ1) is 28.4. The zero-order valence-corrected chi connectivity index (χ0v) is 24.5. The minimum Gasteiger partial charge on any atom is -0.336 e. The molecule has 8 heteroatoms. The minimum absolute atomic E-state index is 0.0138. The monoisotopic (exact) mass is 546 g/mol. The summed E-state index contributed by atoms with van der Waals surface area (Å²) in [5.74, 6) is 0.945. The topological polar surface area (TPSA) is 88.7 Å². The number of urea groups is 2. The lowest BCUT2D eigenvalue weighted by molar-refractivity contribution is 0.141. The molecule has 2 spiro atoms. The second-order valence-corrected chi connectivity index (χ2v) is 12.8. The van der Waals surface area contributed by atoms with Crippen LogP contribution in [0.1, 0.15) is 61.5 Å². The van der Waals surface area contributed by atoms with Crippen LogP contribution in [0.4, 0.5) is 9.59 Å². The molecule has 6 rings (SSSR count). The number of likely N-dealkylation sites (N-methyl/N-ethyl adjacent to an activating group) is 2. The van der Waals surface area contributed by atoms with Gasteiger partial charge in [-0.1, -0.05) is 60.7 Å². The smallest absolute Gasteiger partial charge is 0.315 e. The molecule has 4 aliphatic rings. The summed E-state index contributed by atoms with van der Waals surface area (Å²) < 4.78 is 0. The number of benzene rings is 2. The molecule has 0 bridgehead atoms. The largest absolute Gasteiger partial charge is 0.336 e. The summed E-state index contributed by atoms with van der Waals surface area (Å²) in [6.07, 6.45) is 6.37. The van der Waals surface area contributed by atoms with Crippen molar-refractivity contribution in [2.75, 3.05) is 41.3 Å². The third kappa shape index (κ3) is 6.13. The van der Waals surface area contributed by atoms with Gasteiger partial charge in [0.2, 0.25) is 0 Å². The van der Waals surface area contributed by atoms with Crippen molar-refractivity contribution >= 4 is 12.1 Å². The second kappa shape index (κ2) is 11.8. The Kier molecular flexibility index (Phi) is 8.38. The third-order valence-corrected chi connectivity index (χ3v) is 9.70. The van der Waals surface area contributed by atoms with Crippen molar-refractivity contribution in [2.45, 2.75) is 73.5 Å². The molecule has 2 aliphatic heterocycles. The van der Waals surface area contributed by atoms with Crippen molar-refractivity contribution in [2.24, 2.45) is 0 Å². The SMILES string of the molecule is CN(C)[C@@H]1CC[C@]2(CNC(=O)N2)CC1c1ccccc1.CN(C)[C@H]1CC[C@@]2(CNC(=O)N2)CC1c1ccccc1. The molecule has 4 N–H and O–H groups in total. The Labute approximate surface area is 239 Å². The van der Waals surface area contributed by atoms with Gasteiger partial charge in [0.25, 0.3) is 0 Å². The van der Waals surface area contributed by atoms with Gasteiger partial charge >= 0.3 is 12.1 Å². The van der Waals surface area contributed by atoms with Crippen molar-refractivity contribution in [1.29, 1.82) is 0 Å². The average molecular weight is 547 g/mol. The number of nitrogens with zero attached hydrogens (tertiary/aromatic N) is 2. The van der Waals surface area contributed by atoms with Gasteiger partial charge in [-0.25, -0.2) is 9.59 Å². The van der Waals surface area contributed by atoms with Crippen molar-refractivity contribution in [3.8, 4) is 0 Å². The highest BCUT2D eigenvalue weighted by Gasteiger charge is 2.47. The van der Waals surface area contributed by atoms with E-state index in [-0.39, 0.29) is 23.1 Å². The van der Waals surface area contributed by atoms with E-state index in [1.807, 2.05) is 0 Å². The zero-order valence-electron chi connectivity index (χ0n) is 24.5. The maximum absolute atomic E-state index is 11.5. The molecule has 0 radical (unpaired) electrons. The van der Waals surface area contributed by atoms with E-state index in [1.165, 1.54) is 11.1 Å². The predicted molar refractivity (Wildman–Crippen MR) is 160 cm³/mol. The van der Waals surface area contributed by atoms with Crippen LogP contribution in [0, 0.1) is 0 Å². The molecule has 6 atom stereocenters. The fourth-order valence-electron chi connectivity index (χ4n) is 7.59. The van der Waals surface area contributed by atoms with Crippen molar-refractivity contribution in [1.82, 2.24) is 31.1 Å². The normalized spacial score (nSPS) is 33.2. The van der Waals surface area contributed by atoms with E-state index in [4.69, 9.17) is 0 Å². The van der Waals surface area contributed by atoms with E-state index in [0.29, 0.717) is 23.9 Å². The summed E-state index contributed by atoms with van der Waals surface area (Å²) >= 11 is 0.